The van der Waals surface area contributed by atoms with E-state index in [0.717, 1.165) is 31.4 Å². The van der Waals surface area contributed by atoms with Crippen LogP contribution in [0.25, 0.3) is 0 Å². The van der Waals surface area contributed by atoms with E-state index in [1.165, 1.54) is 14.0 Å². The first-order valence-corrected chi connectivity index (χ1v) is 36.9. The van der Waals surface area contributed by atoms with E-state index in [4.69, 9.17) is 49.9 Å². The van der Waals surface area contributed by atoms with E-state index in [-0.39, 0.29) is 64.1 Å². The second kappa shape index (κ2) is 29.4. The molecule has 8 bridgehead atoms. The zero-order valence-corrected chi connectivity index (χ0v) is 57.8. The van der Waals surface area contributed by atoms with Crippen molar-refractivity contribution in [2.75, 3.05) is 67.1 Å². The van der Waals surface area contributed by atoms with Crippen molar-refractivity contribution in [3.8, 4) is 0 Å². The predicted octanol–water partition coefficient (Wildman–Crippen LogP) is -3.41. The molecule has 0 aromatic carbocycles. The third kappa shape index (κ3) is 13.7. The summed E-state index contributed by atoms with van der Waals surface area (Å²) in [5.74, 6) is -11.6. The Bertz CT molecular complexity index is 3960. The number of fused-ring (bicyclic) bond motifs is 4. The lowest BCUT2D eigenvalue weighted by molar-refractivity contribution is -0.175. The maximum atomic E-state index is 12.6. The third-order valence-electron chi connectivity index (χ3n) is 21.0. The van der Waals surface area contributed by atoms with Gasteiger partial charge in [0.2, 0.25) is 0 Å². The summed E-state index contributed by atoms with van der Waals surface area (Å²) in [5.41, 5.74) is -4.06. The average Bonchev–Trinajstić information content (AvgIpc) is 1.52. The fourth-order valence-corrected chi connectivity index (χ4v) is 25.5. The van der Waals surface area contributed by atoms with Crippen molar-refractivity contribution >= 4 is 113 Å². The number of rotatable bonds is 26. The first-order chi connectivity index (χ1) is 47.9. The van der Waals surface area contributed by atoms with E-state index in [9.17, 15) is 101 Å². The highest BCUT2D eigenvalue weighted by Gasteiger charge is 2.82. The Balaban J connectivity index is 0.000000159. The number of ether oxygens (including phenoxy) is 12. The molecular weight excluding hydrogens is 1460 g/mol. The van der Waals surface area contributed by atoms with Gasteiger partial charge in [0, 0.05) is 76.6 Å². The highest BCUT2D eigenvalue weighted by atomic mass is 32.2. The fraction of sp³-hybridized carbons (Fsp3) is 0.667. The summed E-state index contributed by atoms with van der Waals surface area (Å²) in [5, 5.41) is 16.8. The van der Waals surface area contributed by atoms with Gasteiger partial charge < -0.3 is 67.1 Å². The Labute approximate surface area is 581 Å². The van der Waals surface area contributed by atoms with E-state index in [2.05, 4.69) is 50.0 Å². The van der Waals surface area contributed by atoms with Gasteiger partial charge in [-0.1, -0.05) is 26.3 Å². The lowest BCUT2D eigenvalue weighted by Gasteiger charge is -2.37. The highest BCUT2D eigenvalue weighted by Crippen LogP contribution is 2.71. The van der Waals surface area contributed by atoms with Gasteiger partial charge in [-0.2, -0.15) is 33.7 Å². The highest BCUT2D eigenvalue weighted by molar-refractivity contribution is 7.89. The van der Waals surface area contributed by atoms with Crippen molar-refractivity contribution in [1.82, 2.24) is 0 Å². The summed E-state index contributed by atoms with van der Waals surface area (Å²) >= 11 is 0. The minimum atomic E-state index is -4.17. The molecule has 12 rings (SSSR count). The lowest BCUT2D eigenvalue weighted by Crippen LogP contribution is -2.50. The van der Waals surface area contributed by atoms with Gasteiger partial charge in [-0.25, -0.2) is 38.4 Å². The summed E-state index contributed by atoms with van der Waals surface area (Å²) in [4.78, 5) is 138. The number of methoxy groups -OCH3 is 2. The Morgan fingerprint density at radius 2 is 1.02 bits per heavy atom. The lowest BCUT2D eigenvalue weighted by atomic mass is 9.76. The quantitative estimate of drug-likeness (QED) is 0.0213. The minimum Gasteiger partial charge on any atom is -0.469 e. The van der Waals surface area contributed by atoms with Gasteiger partial charge in [0.15, 0.2) is 31.2 Å². The third-order valence-corrected chi connectivity index (χ3v) is 28.4. The van der Waals surface area contributed by atoms with E-state index in [1.54, 1.807) is 0 Å². The smallest absolute Gasteiger partial charge is 0.344 e. The van der Waals surface area contributed by atoms with Crippen molar-refractivity contribution in [3.05, 3.63) is 50.6 Å². The molecule has 0 aromatic rings. The molecule has 4 heterocycles. The summed E-state index contributed by atoms with van der Waals surface area (Å²) in [6, 6.07) is 0. The zero-order chi connectivity index (χ0) is 75.3. The molecule has 42 heteroatoms. The monoisotopic (exact) mass is 1530 g/mol. The second-order valence-corrected chi connectivity index (χ2v) is 33.1. The molecule has 0 aromatic heterocycles. The Morgan fingerprint density at radius 3 is 1.50 bits per heavy atom. The van der Waals surface area contributed by atoms with Gasteiger partial charge in [-0.3, -0.25) is 35.9 Å². The summed E-state index contributed by atoms with van der Waals surface area (Å²) < 4.78 is 176. The number of carbonyl (C=O) groups is 12. The van der Waals surface area contributed by atoms with E-state index >= 15 is 0 Å². The molecule has 0 spiro atoms. The molecule has 12 fully saturated rings. The fourth-order valence-electron chi connectivity index (χ4n) is 17.2. The van der Waals surface area contributed by atoms with Gasteiger partial charge in [-0.05, 0) is 51.4 Å². The first kappa shape index (κ1) is 78.3. The topological polar surface area (TPSA) is 530 Å². The van der Waals surface area contributed by atoms with Crippen LogP contribution >= 0.6 is 0 Å². The van der Waals surface area contributed by atoms with Crippen molar-refractivity contribution in [1.29, 1.82) is 0 Å². The molecule has 8 saturated carbocycles. The molecule has 102 heavy (non-hydrogen) atoms. The van der Waals surface area contributed by atoms with Crippen LogP contribution < -0.4 is 0 Å². The zero-order valence-electron chi connectivity index (χ0n) is 54.5. The maximum Gasteiger partial charge on any atom is 0.344 e. The molecule has 21 atom stereocenters. The Kier molecular flexibility index (Phi) is 22.5. The Morgan fingerprint density at radius 1 is 0.539 bits per heavy atom. The van der Waals surface area contributed by atoms with E-state index < -0.39 is 260 Å². The van der Waals surface area contributed by atoms with Gasteiger partial charge >= 0.3 is 65.7 Å². The largest absolute Gasteiger partial charge is 0.469 e. The van der Waals surface area contributed by atoms with E-state index in [1.807, 2.05) is 0 Å². The van der Waals surface area contributed by atoms with Crippen LogP contribution in [0, 0.1) is 51.2 Å². The molecule has 0 amide bonds. The van der Waals surface area contributed by atoms with Crippen molar-refractivity contribution < 1.29 is 175 Å². The number of carbonyl (C=O) groups excluding carboxylic acids is 12. The van der Waals surface area contributed by atoms with Gasteiger partial charge in [0.25, 0.3) is 46.9 Å². The van der Waals surface area contributed by atoms with Crippen LogP contribution in [0.3, 0.4) is 0 Å². The van der Waals surface area contributed by atoms with Crippen molar-refractivity contribution in [3.63, 3.8) is 0 Å². The number of hydrogen-bond acceptors (Lipinski definition) is 38. The molecule has 38 nitrogen and oxygen atoms in total. The standard InChI is InChI=1S/C18H22O11S.2C14H16O9S.C14H18O9S/c1-3-13(21)26-7-14(22)28-15-16-18(4-5-25-10-19)8-17(15,9-27-11(2)20)6-12(18)30(23,24)29-16;1-3-9(15)21-6-10(16)22-11-7-4-8-12(11)23-24(18,19)14(8,5-7)13(17)20-2;1-3-8(15)21-5-9(16)22-11-6-4-7-12(11)23-24(18,19)13(7)10(6)14(17)20-2;1-2-9(17)21-4-10(18)22-11-12-14(7-16)5-13(11,6-15)3-8(14)24(19,20)23-12/h3,10,12,15-16H,1,4-9H2,2H3;3,7-8,11-12H,1,4-6H2,2H3;3,6-7,10-13H,1,4-5H2,2H3;2,8,11-12,15-16H,1,3-7H2. The minimum absolute atomic E-state index is 0.0203. The molecule has 12 aliphatic rings. The first-order valence-electron chi connectivity index (χ1n) is 31.1. The van der Waals surface area contributed by atoms with Crippen LogP contribution in [0.15, 0.2) is 50.6 Å². The van der Waals surface area contributed by atoms with E-state index in [0.29, 0.717) is 12.8 Å². The van der Waals surface area contributed by atoms with Gasteiger partial charge in [-0.15, -0.1) is 0 Å². The SMILES string of the molecule is C=CC(=O)OCC(=O)OC1C2CC3C1OS(=O)(=O)C3(C(=O)OC)C2.C=CC(=O)OCC(=O)OC1C2CC3C1OS(=O)(=O)C3C2C(=O)OC.C=CC(=O)OCC(=O)OC1C2OS(=O)(=O)C3CC1(CO)CC23CO.C=CC(=O)OCC(=O)OC1C2OS(=O)(=O)C3CC1(COC(C)=O)CC23CCOC=O. The van der Waals surface area contributed by atoms with Gasteiger partial charge in [0.05, 0.1) is 50.5 Å². The Hall–Kier alpha value is -7.84. The molecular formula is C60H72O38S4. The number of aliphatic hydroxyl groups excluding tert-OH is 2. The number of aliphatic hydroxyl groups is 2. The number of esters is 11. The normalized spacial score (nSPS) is 37.7. The summed E-state index contributed by atoms with van der Waals surface area (Å²) in [6.07, 6.45) is -2.67. The second-order valence-electron chi connectivity index (χ2n) is 26.1. The van der Waals surface area contributed by atoms with Gasteiger partial charge in [0.1, 0.15) is 60.7 Å². The molecule has 564 valence electrons. The molecule has 8 aliphatic carbocycles. The van der Waals surface area contributed by atoms with Crippen LogP contribution in [0.5, 0.6) is 0 Å². The predicted molar refractivity (Wildman–Crippen MR) is 324 cm³/mol. The molecule has 0 radical (unpaired) electrons. The molecule has 21 unspecified atom stereocenters. The van der Waals surface area contributed by atoms with Crippen LogP contribution in [-0.2, 0) is 172 Å². The van der Waals surface area contributed by atoms with Crippen molar-refractivity contribution in [2.45, 2.75) is 128 Å². The number of hydrogen-bond donors (Lipinski definition) is 2. The van der Waals surface area contributed by atoms with Crippen LogP contribution in [-0.4, -0.2) is 252 Å². The summed E-state index contributed by atoms with van der Waals surface area (Å²) in [7, 11) is -13.7. The molecule has 4 aliphatic heterocycles. The van der Waals surface area contributed by atoms with Crippen LogP contribution in [0.4, 0.5) is 0 Å². The molecule has 4 saturated heterocycles. The van der Waals surface area contributed by atoms with Crippen LogP contribution in [0.2, 0.25) is 0 Å². The van der Waals surface area contributed by atoms with Crippen molar-refractivity contribution in [2.24, 2.45) is 51.2 Å². The maximum absolute atomic E-state index is 12.6. The van der Waals surface area contributed by atoms with Crippen LogP contribution in [0.1, 0.15) is 58.3 Å². The summed E-state index contributed by atoms with van der Waals surface area (Å²) in [6.45, 7) is 10.6. The average molecular weight is 1530 g/mol. The molecule has 2 N–H and O–H groups in total.